The molecule has 1 amide bonds. The Hall–Kier alpha value is -1.17. The van der Waals surface area contributed by atoms with Crippen LogP contribution >= 0.6 is 9.24 Å². The molecular weight excluding hydrogens is 283 g/mol. The molecule has 0 bridgehead atoms. The fourth-order valence-corrected chi connectivity index (χ4v) is 4.53. The molecule has 2 aliphatic carbocycles. The number of aliphatic hydroxyl groups excluding tert-OH is 1. The van der Waals surface area contributed by atoms with Gasteiger partial charge in [0, 0.05) is 18.0 Å². The number of fused-ring (bicyclic) bond motifs is 1. The quantitative estimate of drug-likeness (QED) is 0.593. The molecule has 3 atom stereocenters. The molecule has 1 N–H and O–H groups in total. The standard InChI is InChI=1S/C16H21N2O2P/c1-15(2)12-6-7-18(11-4-3-5-11)14(20)16(12,21)8-10(9-17)13(15)19/h6,8,11,13,19H,3-5,7,21H2,1-2H3/t13?,16-/m0/s1. The zero-order chi connectivity index (χ0) is 15.4. The first kappa shape index (κ1) is 14.8. The number of carbonyl (C=O) groups is 1. The Balaban J connectivity index is 2.09. The molecule has 1 saturated carbocycles. The Morgan fingerprint density at radius 1 is 1.48 bits per heavy atom. The molecule has 21 heavy (non-hydrogen) atoms. The number of nitrogens with zero attached hydrogens (tertiary/aromatic N) is 2. The van der Waals surface area contributed by atoms with Crippen LogP contribution in [-0.4, -0.2) is 39.8 Å². The van der Waals surface area contributed by atoms with Gasteiger partial charge in [0.1, 0.15) is 5.16 Å². The minimum atomic E-state index is -0.873. The monoisotopic (exact) mass is 304 g/mol. The zero-order valence-corrected chi connectivity index (χ0v) is 13.6. The zero-order valence-electron chi connectivity index (χ0n) is 12.5. The van der Waals surface area contributed by atoms with E-state index in [9.17, 15) is 15.2 Å². The molecular formula is C16H21N2O2P. The lowest BCUT2D eigenvalue weighted by Gasteiger charge is -2.51. The van der Waals surface area contributed by atoms with Crippen LogP contribution in [0.4, 0.5) is 0 Å². The molecule has 3 rings (SSSR count). The van der Waals surface area contributed by atoms with E-state index in [0.29, 0.717) is 12.6 Å². The largest absolute Gasteiger partial charge is 0.387 e. The number of amides is 1. The highest BCUT2D eigenvalue weighted by atomic mass is 31.0. The summed E-state index contributed by atoms with van der Waals surface area (Å²) >= 11 is 0. The van der Waals surface area contributed by atoms with Crippen LogP contribution in [0.15, 0.2) is 23.3 Å². The summed E-state index contributed by atoms with van der Waals surface area (Å²) in [4.78, 5) is 14.9. The third kappa shape index (κ3) is 1.91. The van der Waals surface area contributed by atoms with Gasteiger partial charge in [-0.15, -0.1) is 9.24 Å². The minimum Gasteiger partial charge on any atom is -0.387 e. The summed E-state index contributed by atoms with van der Waals surface area (Å²) in [6, 6.07) is 2.39. The lowest BCUT2D eigenvalue weighted by atomic mass is 9.64. The van der Waals surface area contributed by atoms with E-state index in [1.54, 1.807) is 6.08 Å². The summed E-state index contributed by atoms with van der Waals surface area (Å²) in [6.07, 6.45) is 6.17. The van der Waals surface area contributed by atoms with E-state index in [1.807, 2.05) is 18.7 Å². The van der Waals surface area contributed by atoms with Gasteiger partial charge in [-0.25, -0.2) is 0 Å². The van der Waals surface area contributed by atoms with Gasteiger partial charge in [0.05, 0.1) is 17.7 Å². The topological polar surface area (TPSA) is 64.3 Å². The van der Waals surface area contributed by atoms with Crippen LogP contribution in [0.3, 0.4) is 0 Å². The van der Waals surface area contributed by atoms with E-state index < -0.39 is 16.7 Å². The van der Waals surface area contributed by atoms with Crippen molar-refractivity contribution in [2.45, 2.75) is 50.4 Å². The normalized spacial score (nSPS) is 35.3. The Morgan fingerprint density at radius 3 is 2.67 bits per heavy atom. The molecule has 2 unspecified atom stereocenters. The Labute approximate surface area is 127 Å². The van der Waals surface area contributed by atoms with Crippen molar-refractivity contribution in [1.82, 2.24) is 4.90 Å². The lowest BCUT2D eigenvalue weighted by molar-refractivity contribution is -0.136. The van der Waals surface area contributed by atoms with Gasteiger partial charge in [0.25, 0.3) is 0 Å². The van der Waals surface area contributed by atoms with Gasteiger partial charge in [-0.2, -0.15) is 5.26 Å². The maximum absolute atomic E-state index is 13.0. The van der Waals surface area contributed by atoms with Crippen molar-refractivity contribution in [3.05, 3.63) is 23.3 Å². The summed E-state index contributed by atoms with van der Waals surface area (Å²) in [5.41, 5.74) is 0.589. The van der Waals surface area contributed by atoms with Gasteiger partial charge in [0.15, 0.2) is 0 Å². The maximum Gasteiger partial charge on any atom is 0.241 e. The van der Waals surface area contributed by atoms with Gasteiger partial charge in [-0.05, 0) is 30.9 Å². The summed E-state index contributed by atoms with van der Waals surface area (Å²) in [6.45, 7) is 4.42. The summed E-state index contributed by atoms with van der Waals surface area (Å²) in [7, 11) is 2.64. The van der Waals surface area contributed by atoms with E-state index in [1.165, 1.54) is 6.42 Å². The third-order valence-corrected chi connectivity index (χ3v) is 5.98. The van der Waals surface area contributed by atoms with Crippen LogP contribution in [0.2, 0.25) is 0 Å². The first-order valence-electron chi connectivity index (χ1n) is 7.44. The van der Waals surface area contributed by atoms with Crippen molar-refractivity contribution < 1.29 is 9.90 Å². The number of hydrogen-bond acceptors (Lipinski definition) is 3. The molecule has 5 heteroatoms. The van der Waals surface area contributed by atoms with E-state index in [4.69, 9.17) is 0 Å². The van der Waals surface area contributed by atoms with E-state index in [2.05, 4.69) is 21.4 Å². The molecule has 0 spiro atoms. The molecule has 0 aromatic rings. The predicted octanol–water partition coefficient (Wildman–Crippen LogP) is 1.77. The Bertz CT molecular complexity index is 598. The van der Waals surface area contributed by atoms with Gasteiger partial charge < -0.3 is 10.0 Å². The second-order valence-corrected chi connectivity index (χ2v) is 7.78. The van der Waals surface area contributed by atoms with Crippen LogP contribution in [-0.2, 0) is 4.79 Å². The van der Waals surface area contributed by atoms with Crippen molar-refractivity contribution >= 4 is 15.1 Å². The number of aliphatic hydroxyl groups is 1. The highest BCUT2D eigenvalue weighted by Gasteiger charge is 2.54. The van der Waals surface area contributed by atoms with Crippen molar-refractivity contribution in [1.29, 1.82) is 5.26 Å². The molecule has 1 heterocycles. The summed E-state index contributed by atoms with van der Waals surface area (Å²) < 4.78 is 0. The molecule has 112 valence electrons. The molecule has 0 radical (unpaired) electrons. The number of nitriles is 1. The first-order chi connectivity index (χ1) is 9.82. The summed E-state index contributed by atoms with van der Waals surface area (Å²) in [5, 5.41) is 18.8. The van der Waals surface area contributed by atoms with E-state index >= 15 is 0 Å². The molecule has 0 saturated heterocycles. The fourth-order valence-electron chi connectivity index (χ4n) is 3.70. The second kappa shape index (κ2) is 4.66. The van der Waals surface area contributed by atoms with Crippen LogP contribution < -0.4 is 0 Å². The molecule has 0 aromatic carbocycles. The van der Waals surface area contributed by atoms with Crippen molar-refractivity contribution in [3.63, 3.8) is 0 Å². The van der Waals surface area contributed by atoms with Gasteiger partial charge in [-0.3, -0.25) is 4.79 Å². The Kier molecular flexibility index (Phi) is 3.28. The van der Waals surface area contributed by atoms with Crippen molar-refractivity contribution in [3.8, 4) is 6.07 Å². The third-order valence-electron chi connectivity index (χ3n) is 5.25. The highest BCUT2D eigenvalue weighted by molar-refractivity contribution is 7.22. The Morgan fingerprint density at radius 2 is 2.14 bits per heavy atom. The van der Waals surface area contributed by atoms with Crippen LogP contribution in [0.25, 0.3) is 0 Å². The van der Waals surface area contributed by atoms with Gasteiger partial charge in [-0.1, -0.05) is 19.9 Å². The number of rotatable bonds is 1. The number of carbonyl (C=O) groups excluding carboxylic acids is 1. The molecule has 0 aromatic heterocycles. The first-order valence-corrected chi connectivity index (χ1v) is 8.02. The second-order valence-electron chi connectivity index (χ2n) is 6.86. The maximum atomic E-state index is 13.0. The van der Waals surface area contributed by atoms with Crippen molar-refractivity contribution in [2.24, 2.45) is 5.41 Å². The lowest BCUT2D eigenvalue weighted by Crippen LogP contribution is -2.59. The number of hydrogen-bond donors (Lipinski definition) is 1. The smallest absolute Gasteiger partial charge is 0.241 e. The molecule has 1 fully saturated rings. The van der Waals surface area contributed by atoms with Crippen molar-refractivity contribution in [2.75, 3.05) is 6.54 Å². The molecule has 4 nitrogen and oxygen atoms in total. The van der Waals surface area contributed by atoms with Crippen LogP contribution in [0, 0.1) is 16.7 Å². The molecule has 3 aliphatic rings. The van der Waals surface area contributed by atoms with Crippen LogP contribution in [0.1, 0.15) is 33.1 Å². The average molecular weight is 304 g/mol. The molecule has 1 aliphatic heterocycles. The highest BCUT2D eigenvalue weighted by Crippen LogP contribution is 2.52. The van der Waals surface area contributed by atoms with Gasteiger partial charge in [0.2, 0.25) is 5.91 Å². The summed E-state index contributed by atoms with van der Waals surface area (Å²) in [5.74, 6) is 0.0439. The van der Waals surface area contributed by atoms with E-state index in [-0.39, 0.29) is 11.5 Å². The SMILES string of the molecule is CC1(C)C2=CCN(C3CCC3)C(=O)[C@]2(P)C=C(C#N)C1O. The van der Waals surface area contributed by atoms with Crippen LogP contribution in [0.5, 0.6) is 0 Å². The van der Waals surface area contributed by atoms with Gasteiger partial charge >= 0.3 is 0 Å². The van der Waals surface area contributed by atoms with E-state index in [0.717, 1.165) is 18.4 Å². The average Bonchev–Trinajstić information content (AvgIpc) is 2.37. The minimum absolute atomic E-state index is 0.0439. The fraction of sp³-hybridized carbons (Fsp3) is 0.625. The predicted molar refractivity (Wildman–Crippen MR) is 83.4 cm³/mol.